The zero-order valence-electron chi connectivity index (χ0n) is 18.5. The van der Waals surface area contributed by atoms with Crippen LogP contribution in [0.25, 0.3) is 0 Å². The van der Waals surface area contributed by atoms with Crippen LogP contribution in [0.5, 0.6) is 0 Å². The first kappa shape index (κ1) is 24.6. The van der Waals surface area contributed by atoms with Crippen molar-refractivity contribution in [3.8, 4) is 0 Å². The lowest BCUT2D eigenvalue weighted by atomic mass is 9.84. The molecule has 2 aliphatic carbocycles. The molecule has 2 N–H and O–H groups in total. The Morgan fingerprint density at radius 3 is 2.42 bits per heavy atom. The van der Waals surface area contributed by atoms with Crippen LogP contribution in [0.4, 0.5) is 0 Å². The molecule has 1 saturated heterocycles. The van der Waals surface area contributed by atoms with Crippen molar-refractivity contribution in [2.75, 3.05) is 52.9 Å². The summed E-state index contributed by atoms with van der Waals surface area (Å²) in [6.45, 7) is 6.49. The first-order valence-corrected chi connectivity index (χ1v) is 12.2. The number of thioether (sulfide) groups is 1. The number of benzene rings is 1. The number of nitrogens with one attached hydrogen (secondary N) is 2. The van der Waals surface area contributed by atoms with Crippen LogP contribution in [0.3, 0.4) is 0 Å². The number of carbonyl (C=O) groups is 1. The Bertz CT molecular complexity index is 731. The van der Waals surface area contributed by atoms with Crippen molar-refractivity contribution in [2.24, 2.45) is 10.9 Å². The van der Waals surface area contributed by atoms with Gasteiger partial charge in [0.1, 0.15) is 0 Å². The summed E-state index contributed by atoms with van der Waals surface area (Å²) in [5.74, 6) is 1.60. The van der Waals surface area contributed by atoms with E-state index in [1.165, 1.54) is 24.2 Å². The van der Waals surface area contributed by atoms with Crippen molar-refractivity contribution >= 4 is 47.6 Å². The standard InChI is InChI=1S/C23H35N5OS.HI/c1-24-22(26-18-23(10-11-23)30-20-8-3-2-4-9-20)25-12-13-27-14-16-28(17-15-27)21(29)19-6-5-7-19;/h2-4,8-9,19H,5-7,10-18H2,1H3,(H2,24,25,26);1H. The maximum Gasteiger partial charge on any atom is 0.225 e. The van der Waals surface area contributed by atoms with Crippen LogP contribution in [0.2, 0.25) is 0 Å². The molecule has 0 radical (unpaired) electrons. The van der Waals surface area contributed by atoms with E-state index in [-0.39, 0.29) is 24.0 Å². The quantitative estimate of drug-likeness (QED) is 0.293. The summed E-state index contributed by atoms with van der Waals surface area (Å²) in [7, 11) is 1.84. The van der Waals surface area contributed by atoms with E-state index in [4.69, 9.17) is 0 Å². The highest BCUT2D eigenvalue weighted by atomic mass is 127. The zero-order valence-corrected chi connectivity index (χ0v) is 21.7. The Morgan fingerprint density at radius 2 is 1.84 bits per heavy atom. The molecule has 31 heavy (non-hydrogen) atoms. The van der Waals surface area contributed by atoms with Gasteiger partial charge in [-0.25, -0.2) is 0 Å². The second kappa shape index (κ2) is 11.7. The van der Waals surface area contributed by atoms with E-state index in [0.29, 0.717) is 16.6 Å². The van der Waals surface area contributed by atoms with Gasteiger partial charge >= 0.3 is 0 Å². The van der Waals surface area contributed by atoms with Crippen LogP contribution in [-0.4, -0.2) is 79.3 Å². The molecule has 2 saturated carbocycles. The smallest absolute Gasteiger partial charge is 0.225 e. The lowest BCUT2D eigenvalue weighted by molar-refractivity contribution is -0.139. The van der Waals surface area contributed by atoms with Gasteiger partial charge in [-0.1, -0.05) is 24.6 Å². The monoisotopic (exact) mass is 557 g/mol. The number of guanidine groups is 1. The Kier molecular flexibility index (Phi) is 9.33. The molecule has 8 heteroatoms. The Labute approximate surface area is 208 Å². The largest absolute Gasteiger partial charge is 0.355 e. The van der Waals surface area contributed by atoms with E-state index in [9.17, 15) is 4.79 Å². The highest BCUT2D eigenvalue weighted by molar-refractivity contribution is 14.0. The molecule has 1 aromatic carbocycles. The van der Waals surface area contributed by atoms with Crippen LogP contribution in [0.1, 0.15) is 32.1 Å². The predicted octanol–water partition coefficient (Wildman–Crippen LogP) is 3.04. The SMILES string of the molecule is CN=C(NCCN1CCN(C(=O)C2CCC2)CC1)NCC1(Sc2ccccc2)CC1.I. The molecular formula is C23H36IN5OS. The molecule has 0 spiro atoms. The molecule has 3 fully saturated rings. The first-order valence-electron chi connectivity index (χ1n) is 11.4. The van der Waals surface area contributed by atoms with E-state index in [2.05, 4.69) is 55.8 Å². The molecule has 6 nitrogen and oxygen atoms in total. The first-order chi connectivity index (χ1) is 14.7. The Balaban J connectivity index is 0.00000272. The molecule has 1 heterocycles. The van der Waals surface area contributed by atoms with Gasteiger partial charge in [-0.05, 0) is 37.8 Å². The van der Waals surface area contributed by atoms with Gasteiger partial charge in [-0.3, -0.25) is 14.7 Å². The van der Waals surface area contributed by atoms with Crippen molar-refractivity contribution in [1.29, 1.82) is 0 Å². The van der Waals surface area contributed by atoms with Gasteiger partial charge in [-0.2, -0.15) is 0 Å². The summed E-state index contributed by atoms with van der Waals surface area (Å²) >= 11 is 1.98. The summed E-state index contributed by atoms with van der Waals surface area (Å²) < 4.78 is 0.308. The highest BCUT2D eigenvalue weighted by Gasteiger charge is 2.43. The number of piperazine rings is 1. The fraction of sp³-hybridized carbons (Fsp3) is 0.652. The molecule has 0 unspecified atom stereocenters. The van der Waals surface area contributed by atoms with Gasteiger partial charge in [0.2, 0.25) is 5.91 Å². The normalized spacial score (nSPS) is 21.1. The van der Waals surface area contributed by atoms with Gasteiger partial charge in [0.05, 0.1) is 0 Å². The average molecular weight is 558 g/mol. The molecule has 0 atom stereocenters. The molecule has 0 bridgehead atoms. The van der Waals surface area contributed by atoms with Crippen LogP contribution >= 0.6 is 35.7 Å². The summed E-state index contributed by atoms with van der Waals surface area (Å²) in [5.41, 5.74) is 0. The van der Waals surface area contributed by atoms with Crippen LogP contribution in [0.15, 0.2) is 40.2 Å². The number of hydrogen-bond donors (Lipinski definition) is 2. The van der Waals surface area contributed by atoms with Crippen LogP contribution < -0.4 is 10.6 Å². The summed E-state index contributed by atoms with van der Waals surface area (Å²) in [5, 5.41) is 6.98. The van der Waals surface area contributed by atoms with Crippen LogP contribution in [-0.2, 0) is 4.79 Å². The molecular weight excluding hydrogens is 521 g/mol. The number of aliphatic imine (C=N–C) groups is 1. The third-order valence-electron chi connectivity index (χ3n) is 6.55. The molecule has 1 amide bonds. The maximum atomic E-state index is 12.4. The molecule has 3 aliphatic rings. The summed E-state index contributed by atoms with van der Waals surface area (Å²) in [6, 6.07) is 10.7. The number of halogens is 1. The van der Waals surface area contributed by atoms with Crippen molar-refractivity contribution in [3.05, 3.63) is 30.3 Å². The number of carbonyl (C=O) groups excluding carboxylic acids is 1. The summed E-state index contributed by atoms with van der Waals surface area (Å²) in [6.07, 6.45) is 5.92. The number of amides is 1. The third kappa shape index (κ3) is 6.99. The minimum Gasteiger partial charge on any atom is -0.355 e. The molecule has 1 aliphatic heterocycles. The van der Waals surface area contributed by atoms with Gasteiger partial charge in [0, 0.05) is 68.4 Å². The zero-order chi connectivity index (χ0) is 20.8. The number of nitrogens with zero attached hydrogens (tertiary/aromatic N) is 3. The minimum absolute atomic E-state index is 0. The van der Waals surface area contributed by atoms with E-state index in [0.717, 1.165) is 64.6 Å². The third-order valence-corrected chi connectivity index (χ3v) is 8.04. The fourth-order valence-electron chi connectivity index (χ4n) is 4.10. The van der Waals surface area contributed by atoms with Gasteiger partial charge in [0.25, 0.3) is 0 Å². The van der Waals surface area contributed by atoms with Gasteiger partial charge in [0.15, 0.2) is 5.96 Å². The van der Waals surface area contributed by atoms with Crippen molar-refractivity contribution < 1.29 is 4.79 Å². The van der Waals surface area contributed by atoms with Gasteiger partial charge < -0.3 is 15.5 Å². The Morgan fingerprint density at radius 1 is 1.13 bits per heavy atom. The highest BCUT2D eigenvalue weighted by Crippen LogP contribution is 2.51. The summed E-state index contributed by atoms with van der Waals surface area (Å²) in [4.78, 5) is 22.6. The topological polar surface area (TPSA) is 60.0 Å². The molecule has 0 aromatic heterocycles. The van der Waals surface area contributed by atoms with Crippen LogP contribution in [0, 0.1) is 5.92 Å². The molecule has 4 rings (SSSR count). The second-order valence-electron chi connectivity index (χ2n) is 8.75. The lowest BCUT2D eigenvalue weighted by Gasteiger charge is -2.38. The van der Waals surface area contributed by atoms with Crippen molar-refractivity contribution in [1.82, 2.24) is 20.4 Å². The molecule has 1 aromatic rings. The van der Waals surface area contributed by atoms with Gasteiger partial charge in [-0.15, -0.1) is 35.7 Å². The van der Waals surface area contributed by atoms with E-state index in [1.807, 2.05) is 18.8 Å². The van der Waals surface area contributed by atoms with E-state index >= 15 is 0 Å². The lowest BCUT2D eigenvalue weighted by Crippen LogP contribution is -2.52. The van der Waals surface area contributed by atoms with E-state index < -0.39 is 0 Å². The minimum atomic E-state index is 0. The maximum absolute atomic E-state index is 12.4. The van der Waals surface area contributed by atoms with Crippen molar-refractivity contribution in [3.63, 3.8) is 0 Å². The predicted molar refractivity (Wildman–Crippen MR) is 139 cm³/mol. The Hall–Kier alpha value is -1.000. The second-order valence-corrected chi connectivity index (χ2v) is 10.3. The molecule has 172 valence electrons. The fourth-order valence-corrected chi connectivity index (χ4v) is 5.34. The van der Waals surface area contributed by atoms with E-state index in [1.54, 1.807) is 0 Å². The average Bonchev–Trinajstić information content (AvgIpc) is 3.50. The number of rotatable bonds is 8. The number of hydrogen-bond acceptors (Lipinski definition) is 4. The van der Waals surface area contributed by atoms with Crippen molar-refractivity contribution in [2.45, 2.75) is 41.7 Å².